The van der Waals surface area contributed by atoms with E-state index in [9.17, 15) is 9.59 Å². The molecule has 0 saturated heterocycles. The van der Waals surface area contributed by atoms with Gasteiger partial charge in [-0.3, -0.25) is 14.6 Å². The maximum absolute atomic E-state index is 13.3. The summed E-state index contributed by atoms with van der Waals surface area (Å²) in [7, 11) is 1.62. The van der Waals surface area contributed by atoms with Gasteiger partial charge in [0.05, 0.1) is 31.1 Å². The van der Waals surface area contributed by atoms with E-state index in [1.807, 2.05) is 84.9 Å². The van der Waals surface area contributed by atoms with Crippen LogP contribution in [0.4, 0.5) is 0 Å². The molecular formula is C30H28N4O3. The Bertz CT molecular complexity index is 1430. The first-order chi connectivity index (χ1) is 18.1. The third kappa shape index (κ3) is 5.51. The Morgan fingerprint density at radius 2 is 1.70 bits per heavy atom. The summed E-state index contributed by atoms with van der Waals surface area (Å²) >= 11 is 0. The van der Waals surface area contributed by atoms with Gasteiger partial charge in [0.25, 0.3) is 0 Å². The fraction of sp³-hybridized carbons (Fsp3) is 0.200. The zero-order chi connectivity index (χ0) is 25.6. The molecule has 4 aromatic rings. The first kappa shape index (κ1) is 24.2. The van der Waals surface area contributed by atoms with Gasteiger partial charge in [-0.15, -0.1) is 0 Å². The van der Waals surface area contributed by atoms with Crippen LogP contribution in [-0.2, 0) is 16.1 Å². The van der Waals surface area contributed by atoms with Crippen LogP contribution >= 0.6 is 0 Å². The van der Waals surface area contributed by atoms with Crippen LogP contribution in [0.3, 0.4) is 0 Å². The quantitative estimate of drug-likeness (QED) is 0.374. The van der Waals surface area contributed by atoms with Gasteiger partial charge in [-0.2, -0.15) is 5.10 Å². The van der Waals surface area contributed by atoms with Gasteiger partial charge in [0.2, 0.25) is 11.8 Å². The minimum atomic E-state index is -0.239. The van der Waals surface area contributed by atoms with Gasteiger partial charge in [0, 0.05) is 30.8 Å². The van der Waals surface area contributed by atoms with Gasteiger partial charge in [-0.05, 0) is 34.7 Å². The summed E-state index contributed by atoms with van der Waals surface area (Å²) in [6, 6.07) is 27.2. The van der Waals surface area contributed by atoms with Crippen molar-refractivity contribution in [1.82, 2.24) is 15.3 Å². The standard InChI is InChI=1S/C30H28N4O3/c1-37-24-13-11-23(12-14-24)28-19-26(22-8-3-2-4-9-22)33-34(28)30(36)16-15-29(35)32-20-27-25-10-6-5-7-21(25)17-18-31-27/h2-14,17-18,28H,15-16,19-20H2,1H3,(H,32,35)/t28-/m0/s1. The lowest BCUT2D eigenvalue weighted by Crippen LogP contribution is -2.29. The third-order valence-electron chi connectivity index (χ3n) is 6.55. The lowest BCUT2D eigenvalue weighted by atomic mass is 9.98. The Morgan fingerprint density at radius 3 is 2.49 bits per heavy atom. The van der Waals surface area contributed by atoms with Crippen molar-refractivity contribution in [2.24, 2.45) is 5.10 Å². The molecule has 2 amide bonds. The van der Waals surface area contributed by atoms with Crippen molar-refractivity contribution in [3.8, 4) is 5.75 Å². The topological polar surface area (TPSA) is 83.9 Å². The first-order valence-electron chi connectivity index (χ1n) is 12.3. The zero-order valence-electron chi connectivity index (χ0n) is 20.6. The third-order valence-corrected chi connectivity index (χ3v) is 6.55. The smallest absolute Gasteiger partial charge is 0.243 e. The van der Waals surface area contributed by atoms with Crippen molar-refractivity contribution in [3.63, 3.8) is 0 Å². The van der Waals surface area contributed by atoms with Crippen LogP contribution in [0.15, 0.2) is 96.2 Å². The Labute approximate surface area is 215 Å². The Balaban J connectivity index is 1.26. The van der Waals surface area contributed by atoms with Crippen molar-refractivity contribution < 1.29 is 14.3 Å². The highest BCUT2D eigenvalue weighted by molar-refractivity contribution is 6.03. The molecule has 7 heteroatoms. The van der Waals surface area contributed by atoms with E-state index in [2.05, 4.69) is 10.3 Å². The Hall–Kier alpha value is -4.52. The molecule has 0 saturated carbocycles. The van der Waals surface area contributed by atoms with Crippen LogP contribution in [-0.4, -0.2) is 34.6 Å². The van der Waals surface area contributed by atoms with Crippen LogP contribution in [0.1, 0.15) is 42.1 Å². The van der Waals surface area contributed by atoms with E-state index in [-0.39, 0.29) is 30.7 Å². The number of hydrogen-bond acceptors (Lipinski definition) is 5. The van der Waals surface area contributed by atoms with Gasteiger partial charge in [-0.25, -0.2) is 5.01 Å². The van der Waals surface area contributed by atoms with Gasteiger partial charge in [-0.1, -0.05) is 66.7 Å². The largest absolute Gasteiger partial charge is 0.497 e. The van der Waals surface area contributed by atoms with Gasteiger partial charge in [0.1, 0.15) is 5.75 Å². The number of nitrogens with one attached hydrogen (secondary N) is 1. The molecule has 1 N–H and O–H groups in total. The van der Waals surface area contributed by atoms with Crippen LogP contribution in [0.25, 0.3) is 10.8 Å². The van der Waals surface area contributed by atoms with E-state index in [1.54, 1.807) is 13.3 Å². The van der Waals surface area contributed by atoms with Gasteiger partial charge in [0.15, 0.2) is 0 Å². The number of aromatic nitrogens is 1. The van der Waals surface area contributed by atoms with E-state index in [4.69, 9.17) is 9.84 Å². The summed E-state index contributed by atoms with van der Waals surface area (Å²) in [6.07, 6.45) is 2.47. The minimum absolute atomic E-state index is 0.0625. The summed E-state index contributed by atoms with van der Waals surface area (Å²) in [5, 5.41) is 11.2. The predicted molar refractivity (Wildman–Crippen MR) is 143 cm³/mol. The highest BCUT2D eigenvalue weighted by Crippen LogP contribution is 2.34. The average Bonchev–Trinajstić information content (AvgIpc) is 3.41. The summed E-state index contributed by atoms with van der Waals surface area (Å²) in [5.74, 6) is 0.363. The van der Waals surface area contributed by atoms with Crippen molar-refractivity contribution in [2.45, 2.75) is 31.8 Å². The number of carbonyl (C=O) groups excluding carboxylic acids is 2. The number of hydrogen-bond donors (Lipinski definition) is 1. The minimum Gasteiger partial charge on any atom is -0.497 e. The molecule has 1 aliphatic rings. The molecule has 7 nitrogen and oxygen atoms in total. The molecule has 0 radical (unpaired) electrons. The van der Waals surface area contributed by atoms with E-state index >= 15 is 0 Å². The first-order valence-corrected chi connectivity index (χ1v) is 12.3. The predicted octanol–water partition coefficient (Wildman–Crippen LogP) is 5.02. The molecule has 2 heterocycles. The highest BCUT2D eigenvalue weighted by Gasteiger charge is 2.33. The monoisotopic (exact) mass is 492 g/mol. The Morgan fingerprint density at radius 1 is 0.946 bits per heavy atom. The van der Waals surface area contributed by atoms with Crippen molar-refractivity contribution in [1.29, 1.82) is 0 Å². The molecule has 1 aromatic heterocycles. The second kappa shape index (κ2) is 11.0. The van der Waals surface area contributed by atoms with E-state index in [1.165, 1.54) is 5.01 Å². The molecular weight excluding hydrogens is 464 g/mol. The number of carbonyl (C=O) groups is 2. The molecule has 3 aromatic carbocycles. The normalized spacial score (nSPS) is 14.9. The molecule has 0 fully saturated rings. The van der Waals surface area contributed by atoms with E-state index < -0.39 is 0 Å². The second-order valence-corrected chi connectivity index (χ2v) is 8.90. The molecule has 1 atom stereocenters. The molecule has 186 valence electrons. The van der Waals surface area contributed by atoms with Crippen LogP contribution in [0.5, 0.6) is 5.75 Å². The number of ether oxygens (including phenoxy) is 1. The zero-order valence-corrected chi connectivity index (χ0v) is 20.6. The number of amides is 2. The summed E-state index contributed by atoms with van der Waals surface area (Å²) in [6.45, 7) is 0.308. The lowest BCUT2D eigenvalue weighted by molar-refractivity contribution is -0.135. The van der Waals surface area contributed by atoms with Gasteiger partial charge < -0.3 is 10.1 Å². The molecule has 37 heavy (non-hydrogen) atoms. The molecule has 0 spiro atoms. The summed E-state index contributed by atoms with van der Waals surface area (Å²) < 4.78 is 5.28. The number of nitrogens with zero attached hydrogens (tertiary/aromatic N) is 3. The maximum Gasteiger partial charge on any atom is 0.243 e. The van der Waals surface area contributed by atoms with Crippen LogP contribution in [0, 0.1) is 0 Å². The molecule has 5 rings (SSSR count). The van der Waals surface area contributed by atoms with E-state index in [0.717, 1.165) is 39.1 Å². The maximum atomic E-state index is 13.3. The highest BCUT2D eigenvalue weighted by atomic mass is 16.5. The van der Waals surface area contributed by atoms with Crippen molar-refractivity contribution >= 4 is 28.3 Å². The number of methoxy groups -OCH3 is 1. The number of hydrazone groups is 1. The summed E-state index contributed by atoms with van der Waals surface area (Å²) in [5.41, 5.74) is 3.60. The van der Waals surface area contributed by atoms with Crippen LogP contribution in [0.2, 0.25) is 0 Å². The van der Waals surface area contributed by atoms with Gasteiger partial charge >= 0.3 is 0 Å². The molecule has 1 aliphatic heterocycles. The number of rotatable bonds is 8. The number of pyridine rings is 1. The SMILES string of the molecule is COc1ccc([C@@H]2CC(c3ccccc3)=NN2C(=O)CCC(=O)NCc2nccc3ccccc23)cc1. The number of fused-ring (bicyclic) bond motifs is 1. The van der Waals surface area contributed by atoms with Crippen LogP contribution < -0.4 is 10.1 Å². The molecule has 0 bridgehead atoms. The fourth-order valence-electron chi connectivity index (χ4n) is 4.56. The lowest BCUT2D eigenvalue weighted by Gasteiger charge is -2.22. The van der Waals surface area contributed by atoms with E-state index in [0.29, 0.717) is 13.0 Å². The average molecular weight is 493 g/mol. The Kier molecular flexibility index (Phi) is 7.21. The number of benzene rings is 3. The molecule has 0 unspecified atom stereocenters. The fourth-order valence-corrected chi connectivity index (χ4v) is 4.56. The van der Waals surface area contributed by atoms with Crippen molar-refractivity contribution in [3.05, 3.63) is 108 Å². The summed E-state index contributed by atoms with van der Waals surface area (Å²) in [4.78, 5) is 30.3. The second-order valence-electron chi connectivity index (χ2n) is 8.90. The molecule has 0 aliphatic carbocycles. The van der Waals surface area contributed by atoms with Crippen molar-refractivity contribution in [2.75, 3.05) is 7.11 Å².